The SMILES string of the molecule is OC(c1cccc2cncn12)C1CCNCC1. The van der Waals surface area contributed by atoms with Crippen molar-refractivity contribution in [3.63, 3.8) is 0 Å². The van der Waals surface area contributed by atoms with Crippen LogP contribution < -0.4 is 5.32 Å². The number of hydrogen-bond acceptors (Lipinski definition) is 3. The van der Waals surface area contributed by atoms with Crippen molar-refractivity contribution in [2.75, 3.05) is 13.1 Å². The van der Waals surface area contributed by atoms with Gasteiger partial charge in [0.05, 0.1) is 29.8 Å². The van der Waals surface area contributed by atoms with Gasteiger partial charge in [-0.15, -0.1) is 0 Å². The van der Waals surface area contributed by atoms with E-state index >= 15 is 0 Å². The van der Waals surface area contributed by atoms with Gasteiger partial charge in [0.25, 0.3) is 0 Å². The van der Waals surface area contributed by atoms with Gasteiger partial charge in [0.2, 0.25) is 0 Å². The van der Waals surface area contributed by atoms with Gasteiger partial charge in [0.1, 0.15) is 0 Å². The molecule has 90 valence electrons. The van der Waals surface area contributed by atoms with Crippen LogP contribution in [0.1, 0.15) is 24.6 Å². The number of imidazole rings is 1. The molecule has 3 rings (SSSR count). The molecule has 2 aromatic rings. The summed E-state index contributed by atoms with van der Waals surface area (Å²) < 4.78 is 1.98. The second-order valence-corrected chi connectivity index (χ2v) is 4.67. The Morgan fingerprint density at radius 2 is 2.18 bits per heavy atom. The summed E-state index contributed by atoms with van der Waals surface area (Å²) >= 11 is 0. The Morgan fingerprint density at radius 3 is 3.00 bits per heavy atom. The lowest BCUT2D eigenvalue weighted by atomic mass is 9.90. The van der Waals surface area contributed by atoms with Gasteiger partial charge in [0, 0.05) is 0 Å². The Bertz CT molecular complexity index is 502. The molecule has 1 saturated heterocycles. The molecule has 0 aromatic carbocycles. The molecule has 0 radical (unpaired) electrons. The van der Waals surface area contributed by atoms with Crippen molar-refractivity contribution in [2.24, 2.45) is 5.92 Å². The van der Waals surface area contributed by atoms with E-state index < -0.39 is 6.10 Å². The Morgan fingerprint density at radius 1 is 1.35 bits per heavy atom. The first-order valence-electron chi connectivity index (χ1n) is 6.16. The molecule has 17 heavy (non-hydrogen) atoms. The standard InChI is InChI=1S/C13H17N3O/c17-13(10-4-6-14-7-5-10)12-3-1-2-11-8-15-9-16(11)12/h1-3,8-10,13-14,17H,4-7H2. The molecule has 1 fully saturated rings. The summed E-state index contributed by atoms with van der Waals surface area (Å²) in [6.45, 7) is 2.00. The lowest BCUT2D eigenvalue weighted by Gasteiger charge is -2.27. The van der Waals surface area contributed by atoms with Crippen molar-refractivity contribution < 1.29 is 5.11 Å². The number of piperidine rings is 1. The highest BCUT2D eigenvalue weighted by Gasteiger charge is 2.24. The summed E-state index contributed by atoms with van der Waals surface area (Å²) in [5.74, 6) is 0.351. The highest BCUT2D eigenvalue weighted by molar-refractivity contribution is 5.46. The van der Waals surface area contributed by atoms with Crippen LogP contribution >= 0.6 is 0 Å². The van der Waals surface area contributed by atoms with Crippen molar-refractivity contribution in [1.82, 2.24) is 14.7 Å². The van der Waals surface area contributed by atoms with E-state index in [0.29, 0.717) is 5.92 Å². The van der Waals surface area contributed by atoms with E-state index in [2.05, 4.69) is 10.3 Å². The van der Waals surface area contributed by atoms with Crippen LogP contribution in [0.4, 0.5) is 0 Å². The van der Waals surface area contributed by atoms with Gasteiger partial charge in [-0.1, -0.05) is 6.07 Å². The third-order valence-corrected chi connectivity index (χ3v) is 3.61. The van der Waals surface area contributed by atoms with Gasteiger partial charge in [-0.2, -0.15) is 0 Å². The smallest absolute Gasteiger partial charge is 0.0995 e. The third kappa shape index (κ3) is 1.94. The molecule has 3 heterocycles. The summed E-state index contributed by atoms with van der Waals surface area (Å²) in [4.78, 5) is 4.13. The maximum absolute atomic E-state index is 10.5. The fourth-order valence-electron chi connectivity index (χ4n) is 2.61. The minimum Gasteiger partial charge on any atom is -0.387 e. The van der Waals surface area contributed by atoms with Gasteiger partial charge in [-0.3, -0.25) is 0 Å². The van der Waals surface area contributed by atoms with Crippen LogP contribution in [0.3, 0.4) is 0 Å². The second kappa shape index (κ2) is 4.47. The van der Waals surface area contributed by atoms with Crippen molar-refractivity contribution in [2.45, 2.75) is 18.9 Å². The predicted molar refractivity (Wildman–Crippen MR) is 65.7 cm³/mol. The molecular formula is C13H17N3O. The van der Waals surface area contributed by atoms with Gasteiger partial charge in [-0.25, -0.2) is 4.98 Å². The summed E-state index contributed by atoms with van der Waals surface area (Å²) in [5, 5.41) is 13.8. The van der Waals surface area contributed by atoms with E-state index in [1.165, 1.54) is 0 Å². The van der Waals surface area contributed by atoms with E-state index in [-0.39, 0.29) is 0 Å². The number of rotatable bonds is 2. The second-order valence-electron chi connectivity index (χ2n) is 4.67. The number of nitrogens with zero attached hydrogens (tertiary/aromatic N) is 2. The molecule has 2 aromatic heterocycles. The van der Waals surface area contributed by atoms with Gasteiger partial charge in [-0.05, 0) is 44.0 Å². The molecule has 1 unspecified atom stereocenters. The molecule has 0 bridgehead atoms. The zero-order chi connectivity index (χ0) is 11.7. The number of aliphatic hydroxyl groups is 1. The lowest BCUT2D eigenvalue weighted by molar-refractivity contribution is 0.0841. The van der Waals surface area contributed by atoms with Gasteiger partial charge < -0.3 is 14.8 Å². The summed E-state index contributed by atoms with van der Waals surface area (Å²) in [6.07, 6.45) is 5.27. The van der Waals surface area contributed by atoms with E-state index in [4.69, 9.17) is 0 Å². The monoisotopic (exact) mass is 231 g/mol. The highest BCUT2D eigenvalue weighted by Crippen LogP contribution is 2.28. The summed E-state index contributed by atoms with van der Waals surface area (Å²) in [6, 6.07) is 5.98. The number of hydrogen-bond donors (Lipinski definition) is 2. The highest BCUT2D eigenvalue weighted by atomic mass is 16.3. The predicted octanol–water partition coefficient (Wildman–Crippen LogP) is 1.37. The summed E-state index contributed by atoms with van der Waals surface area (Å²) in [7, 11) is 0. The Labute approximate surface area is 100 Å². The van der Waals surface area contributed by atoms with E-state index in [1.807, 2.05) is 28.8 Å². The fourth-order valence-corrected chi connectivity index (χ4v) is 2.61. The number of aromatic nitrogens is 2. The van der Waals surface area contributed by atoms with Crippen molar-refractivity contribution in [3.8, 4) is 0 Å². The maximum atomic E-state index is 10.5. The minimum atomic E-state index is -0.394. The Kier molecular flexibility index (Phi) is 2.82. The Balaban J connectivity index is 1.94. The normalized spacial score (nSPS) is 19.6. The number of aliphatic hydroxyl groups excluding tert-OH is 1. The molecular weight excluding hydrogens is 214 g/mol. The number of fused-ring (bicyclic) bond motifs is 1. The zero-order valence-electron chi connectivity index (χ0n) is 9.71. The van der Waals surface area contributed by atoms with Gasteiger partial charge in [0.15, 0.2) is 0 Å². The van der Waals surface area contributed by atoms with Crippen LogP contribution in [0.25, 0.3) is 5.52 Å². The van der Waals surface area contributed by atoms with E-state index in [9.17, 15) is 5.11 Å². The zero-order valence-corrected chi connectivity index (χ0v) is 9.71. The first-order chi connectivity index (χ1) is 8.36. The number of pyridine rings is 1. The first-order valence-corrected chi connectivity index (χ1v) is 6.16. The molecule has 4 nitrogen and oxygen atoms in total. The summed E-state index contributed by atoms with van der Waals surface area (Å²) in [5.41, 5.74) is 1.99. The Hall–Kier alpha value is -1.39. The topological polar surface area (TPSA) is 49.6 Å². The van der Waals surface area contributed by atoms with Crippen LogP contribution in [-0.2, 0) is 0 Å². The minimum absolute atomic E-state index is 0.351. The lowest BCUT2D eigenvalue weighted by Crippen LogP contribution is -2.31. The van der Waals surface area contributed by atoms with Crippen LogP contribution in [0.15, 0.2) is 30.7 Å². The third-order valence-electron chi connectivity index (χ3n) is 3.61. The molecule has 0 aliphatic carbocycles. The van der Waals surface area contributed by atoms with Crippen molar-refractivity contribution >= 4 is 5.52 Å². The molecule has 2 N–H and O–H groups in total. The van der Waals surface area contributed by atoms with E-state index in [0.717, 1.165) is 37.1 Å². The molecule has 4 heteroatoms. The quantitative estimate of drug-likeness (QED) is 0.820. The molecule has 0 saturated carbocycles. The van der Waals surface area contributed by atoms with Gasteiger partial charge >= 0.3 is 0 Å². The average Bonchev–Trinajstić information content (AvgIpc) is 2.87. The molecule has 1 atom stereocenters. The van der Waals surface area contributed by atoms with Crippen LogP contribution in [0.2, 0.25) is 0 Å². The van der Waals surface area contributed by atoms with Crippen LogP contribution in [0.5, 0.6) is 0 Å². The van der Waals surface area contributed by atoms with Crippen molar-refractivity contribution in [3.05, 3.63) is 36.4 Å². The molecule has 0 amide bonds. The fraction of sp³-hybridized carbons (Fsp3) is 0.462. The molecule has 0 spiro atoms. The van der Waals surface area contributed by atoms with Crippen molar-refractivity contribution in [1.29, 1.82) is 0 Å². The number of nitrogens with one attached hydrogen (secondary N) is 1. The largest absolute Gasteiger partial charge is 0.387 e. The maximum Gasteiger partial charge on any atom is 0.0995 e. The molecule has 1 aliphatic rings. The van der Waals surface area contributed by atoms with E-state index in [1.54, 1.807) is 6.33 Å². The van der Waals surface area contributed by atoms with Crippen LogP contribution in [0, 0.1) is 5.92 Å². The average molecular weight is 231 g/mol. The molecule has 1 aliphatic heterocycles. The van der Waals surface area contributed by atoms with Crippen LogP contribution in [-0.4, -0.2) is 27.6 Å². The first kappa shape index (κ1) is 10.7.